The summed E-state index contributed by atoms with van der Waals surface area (Å²) < 4.78 is 5.75. The zero-order chi connectivity index (χ0) is 16.8. The number of ether oxygens (including phenoxy) is 1. The fourth-order valence-electron chi connectivity index (χ4n) is 3.74. The molecule has 24 heavy (non-hydrogen) atoms. The van der Waals surface area contributed by atoms with Crippen LogP contribution in [0.5, 0.6) is 5.75 Å². The van der Waals surface area contributed by atoms with Crippen LogP contribution in [0.1, 0.15) is 54.1 Å². The summed E-state index contributed by atoms with van der Waals surface area (Å²) in [6, 6.07) is -0.925. The van der Waals surface area contributed by atoms with E-state index in [-0.39, 0.29) is 29.4 Å². The molecule has 0 radical (unpaired) electrons. The number of imide groups is 1. The van der Waals surface area contributed by atoms with Gasteiger partial charge in [-0.05, 0) is 25.7 Å². The number of hydrogen-bond donors (Lipinski definition) is 1. The van der Waals surface area contributed by atoms with Crippen molar-refractivity contribution in [3.05, 3.63) is 22.5 Å². The van der Waals surface area contributed by atoms with Crippen LogP contribution in [0.15, 0.2) is 6.20 Å². The molecule has 1 fully saturated rings. The van der Waals surface area contributed by atoms with Gasteiger partial charge in [-0.15, -0.1) is 0 Å². The van der Waals surface area contributed by atoms with E-state index >= 15 is 0 Å². The highest BCUT2D eigenvalue weighted by Crippen LogP contribution is 2.47. The minimum atomic E-state index is -0.654. The van der Waals surface area contributed by atoms with Gasteiger partial charge in [0.1, 0.15) is 6.04 Å². The first-order valence-corrected chi connectivity index (χ1v) is 8.43. The van der Waals surface area contributed by atoms with Crippen molar-refractivity contribution in [2.45, 2.75) is 44.2 Å². The average molecular weight is 350 g/mol. The maximum atomic E-state index is 12.9. The smallest absolute Gasteiger partial charge is 0.257 e. The molecule has 3 aliphatic heterocycles. The first-order valence-electron chi connectivity index (χ1n) is 8.05. The maximum absolute atomic E-state index is 12.9. The predicted molar refractivity (Wildman–Crippen MR) is 83.7 cm³/mol. The summed E-state index contributed by atoms with van der Waals surface area (Å²) in [4.78, 5) is 42.3. The Labute approximate surface area is 143 Å². The van der Waals surface area contributed by atoms with Gasteiger partial charge in [0, 0.05) is 18.2 Å². The summed E-state index contributed by atoms with van der Waals surface area (Å²) in [7, 11) is 0. The number of aromatic nitrogens is 1. The molecular weight excluding hydrogens is 334 g/mol. The van der Waals surface area contributed by atoms with Crippen LogP contribution in [0.4, 0.5) is 0 Å². The third kappa shape index (κ3) is 2.26. The molecule has 8 heteroatoms. The summed E-state index contributed by atoms with van der Waals surface area (Å²) in [5, 5.41) is 2.56. The topological polar surface area (TPSA) is 88.6 Å². The van der Waals surface area contributed by atoms with Crippen LogP contribution in [0, 0.1) is 0 Å². The lowest BCUT2D eigenvalue weighted by Crippen LogP contribution is -2.53. The second-order valence-corrected chi connectivity index (χ2v) is 6.60. The fraction of sp³-hybridized carbons (Fsp3) is 0.500. The molecule has 1 aromatic heterocycles. The average Bonchev–Trinajstić information content (AvgIpc) is 2.78. The van der Waals surface area contributed by atoms with Crippen molar-refractivity contribution in [2.24, 2.45) is 0 Å². The van der Waals surface area contributed by atoms with Gasteiger partial charge in [0.05, 0.1) is 18.2 Å². The SMILES string of the molecule is O=C1CCC(N2C(=O)c3cnc(Cl)c4c3C2CCCCO4)C(=O)N1. The summed E-state index contributed by atoms with van der Waals surface area (Å²) >= 11 is 6.17. The van der Waals surface area contributed by atoms with Crippen molar-refractivity contribution < 1.29 is 19.1 Å². The third-order valence-electron chi connectivity index (χ3n) is 4.83. The van der Waals surface area contributed by atoms with Crippen LogP contribution < -0.4 is 10.1 Å². The van der Waals surface area contributed by atoms with Crippen molar-refractivity contribution in [1.82, 2.24) is 15.2 Å². The van der Waals surface area contributed by atoms with E-state index in [9.17, 15) is 14.4 Å². The molecule has 7 nitrogen and oxygen atoms in total. The molecule has 0 spiro atoms. The highest BCUT2D eigenvalue weighted by Gasteiger charge is 2.47. The van der Waals surface area contributed by atoms with Crippen LogP contribution >= 0.6 is 11.6 Å². The lowest BCUT2D eigenvalue weighted by Gasteiger charge is -2.35. The highest BCUT2D eigenvalue weighted by atomic mass is 35.5. The fourth-order valence-corrected chi connectivity index (χ4v) is 3.95. The third-order valence-corrected chi connectivity index (χ3v) is 5.10. The molecule has 2 unspecified atom stereocenters. The number of pyridine rings is 1. The van der Waals surface area contributed by atoms with Crippen molar-refractivity contribution in [1.29, 1.82) is 0 Å². The van der Waals surface area contributed by atoms with Gasteiger partial charge < -0.3 is 9.64 Å². The Morgan fingerprint density at radius 1 is 1.21 bits per heavy atom. The van der Waals surface area contributed by atoms with Gasteiger partial charge in [-0.25, -0.2) is 4.98 Å². The number of rotatable bonds is 1. The zero-order valence-electron chi connectivity index (χ0n) is 12.9. The van der Waals surface area contributed by atoms with E-state index in [2.05, 4.69) is 10.3 Å². The molecule has 0 bridgehead atoms. The van der Waals surface area contributed by atoms with Crippen LogP contribution in [0.3, 0.4) is 0 Å². The summed E-state index contributed by atoms with van der Waals surface area (Å²) in [6.45, 7) is 0.525. The largest absolute Gasteiger partial charge is 0.490 e. The molecule has 0 aliphatic carbocycles. The molecule has 0 saturated carbocycles. The van der Waals surface area contributed by atoms with Gasteiger partial charge in [0.2, 0.25) is 11.8 Å². The quantitative estimate of drug-likeness (QED) is 0.614. The summed E-state index contributed by atoms with van der Waals surface area (Å²) in [5.74, 6) is -0.523. The first-order chi connectivity index (χ1) is 11.6. The van der Waals surface area contributed by atoms with Crippen LogP contribution in [0.2, 0.25) is 5.15 Å². The molecule has 0 aromatic carbocycles. The molecular formula is C16H16ClN3O4. The van der Waals surface area contributed by atoms with E-state index in [0.717, 1.165) is 24.8 Å². The Morgan fingerprint density at radius 3 is 2.83 bits per heavy atom. The van der Waals surface area contributed by atoms with Crippen molar-refractivity contribution in [3.63, 3.8) is 0 Å². The van der Waals surface area contributed by atoms with Gasteiger partial charge in [-0.1, -0.05) is 11.6 Å². The molecule has 2 atom stereocenters. The first kappa shape index (κ1) is 15.4. The van der Waals surface area contributed by atoms with E-state index < -0.39 is 11.9 Å². The molecule has 1 aromatic rings. The van der Waals surface area contributed by atoms with E-state index in [1.54, 1.807) is 4.90 Å². The molecule has 126 valence electrons. The van der Waals surface area contributed by atoms with Crippen molar-refractivity contribution in [2.75, 3.05) is 6.61 Å². The summed E-state index contributed by atoms with van der Waals surface area (Å²) in [5.41, 5.74) is 1.16. The number of amides is 3. The van der Waals surface area contributed by atoms with E-state index in [1.807, 2.05) is 0 Å². The van der Waals surface area contributed by atoms with Crippen molar-refractivity contribution >= 4 is 29.3 Å². The van der Waals surface area contributed by atoms with E-state index in [4.69, 9.17) is 16.3 Å². The molecule has 3 aliphatic rings. The van der Waals surface area contributed by atoms with Gasteiger partial charge in [-0.3, -0.25) is 19.7 Å². The van der Waals surface area contributed by atoms with E-state index in [0.29, 0.717) is 24.3 Å². The van der Waals surface area contributed by atoms with Crippen LogP contribution in [-0.2, 0) is 9.59 Å². The molecule has 4 rings (SSSR count). The van der Waals surface area contributed by atoms with Gasteiger partial charge in [-0.2, -0.15) is 0 Å². The molecule has 1 saturated heterocycles. The Hall–Kier alpha value is -2.15. The number of halogens is 1. The maximum Gasteiger partial charge on any atom is 0.257 e. The van der Waals surface area contributed by atoms with E-state index in [1.165, 1.54) is 6.20 Å². The molecule has 3 amide bonds. The number of carbonyl (C=O) groups is 3. The van der Waals surface area contributed by atoms with Gasteiger partial charge >= 0.3 is 0 Å². The Balaban J connectivity index is 1.79. The lowest BCUT2D eigenvalue weighted by molar-refractivity contribution is -0.137. The minimum absolute atomic E-state index is 0.228. The molecule has 1 N–H and O–H groups in total. The Bertz CT molecular complexity index is 751. The molecule has 4 heterocycles. The van der Waals surface area contributed by atoms with Crippen LogP contribution in [-0.4, -0.2) is 40.3 Å². The number of piperidine rings is 1. The zero-order valence-corrected chi connectivity index (χ0v) is 13.6. The van der Waals surface area contributed by atoms with Gasteiger partial charge in [0.25, 0.3) is 5.91 Å². The summed E-state index contributed by atoms with van der Waals surface area (Å²) in [6.07, 6.45) is 4.46. The standard InChI is InChI=1S/C16H16ClN3O4/c17-14-13-12-8(7-18-14)16(23)20(9(12)3-1-2-6-24-13)10-4-5-11(21)19-15(10)22/h7,9-10H,1-6H2,(H,19,21,22). The highest BCUT2D eigenvalue weighted by molar-refractivity contribution is 6.31. The Morgan fingerprint density at radius 2 is 2.04 bits per heavy atom. The number of nitrogens with zero attached hydrogens (tertiary/aromatic N) is 2. The normalized spacial score (nSPS) is 26.4. The monoisotopic (exact) mass is 349 g/mol. The van der Waals surface area contributed by atoms with Gasteiger partial charge in [0.15, 0.2) is 10.9 Å². The lowest BCUT2D eigenvalue weighted by atomic mass is 9.97. The second kappa shape index (κ2) is 5.73. The number of carbonyl (C=O) groups excluding carboxylic acids is 3. The minimum Gasteiger partial charge on any atom is -0.490 e. The number of nitrogens with one attached hydrogen (secondary N) is 1. The van der Waals surface area contributed by atoms with Crippen molar-refractivity contribution in [3.8, 4) is 5.75 Å². The van der Waals surface area contributed by atoms with Crippen LogP contribution in [0.25, 0.3) is 0 Å². The predicted octanol–water partition coefficient (Wildman–Crippen LogP) is 1.60. The Kier molecular flexibility index (Phi) is 3.68. The number of hydrogen-bond acceptors (Lipinski definition) is 5. The second-order valence-electron chi connectivity index (χ2n) is 6.24.